The number of hydrogen-bond donors (Lipinski definition) is 0. The average Bonchev–Trinajstić information content (AvgIpc) is 2.73. The molecule has 0 fully saturated rings. The number of nitrogens with zero attached hydrogens (tertiary/aromatic N) is 2. The molecule has 0 radical (unpaired) electrons. The zero-order valence-electron chi connectivity index (χ0n) is 12.7. The summed E-state index contributed by atoms with van der Waals surface area (Å²) in [6.07, 6.45) is 0. The summed E-state index contributed by atoms with van der Waals surface area (Å²) in [5, 5.41) is 0. The SMILES string of the molecule is CCOC(=O)c1c(C)nc(C#Cc2ccccc2C)n1C. The van der Waals surface area contributed by atoms with Crippen molar-refractivity contribution >= 4 is 5.97 Å². The maximum absolute atomic E-state index is 11.9. The van der Waals surface area contributed by atoms with Gasteiger partial charge in [0.15, 0.2) is 11.5 Å². The Kier molecular flexibility index (Phi) is 4.44. The van der Waals surface area contributed by atoms with E-state index in [1.54, 1.807) is 25.5 Å². The first-order chi connectivity index (χ1) is 10.0. The molecule has 4 heteroatoms. The monoisotopic (exact) mass is 282 g/mol. The van der Waals surface area contributed by atoms with Gasteiger partial charge in [-0.15, -0.1) is 0 Å². The quantitative estimate of drug-likeness (QED) is 0.628. The van der Waals surface area contributed by atoms with Crippen molar-refractivity contribution in [2.24, 2.45) is 7.05 Å². The van der Waals surface area contributed by atoms with Gasteiger partial charge in [-0.25, -0.2) is 9.78 Å². The molecular weight excluding hydrogens is 264 g/mol. The van der Waals surface area contributed by atoms with Gasteiger partial charge < -0.3 is 9.30 Å². The number of rotatable bonds is 2. The fourth-order valence-electron chi connectivity index (χ4n) is 2.07. The number of benzene rings is 1. The van der Waals surface area contributed by atoms with Gasteiger partial charge in [0.1, 0.15) is 0 Å². The van der Waals surface area contributed by atoms with Gasteiger partial charge >= 0.3 is 5.97 Å². The number of esters is 1. The van der Waals surface area contributed by atoms with Crippen molar-refractivity contribution in [3.63, 3.8) is 0 Å². The minimum absolute atomic E-state index is 0.341. The van der Waals surface area contributed by atoms with Crippen molar-refractivity contribution in [3.05, 3.63) is 52.6 Å². The van der Waals surface area contributed by atoms with Crippen LogP contribution in [0.1, 0.15) is 40.1 Å². The van der Waals surface area contributed by atoms with Crippen LogP contribution in [0.5, 0.6) is 0 Å². The second-order valence-electron chi connectivity index (χ2n) is 4.71. The van der Waals surface area contributed by atoms with Gasteiger partial charge in [0.2, 0.25) is 0 Å². The van der Waals surface area contributed by atoms with E-state index >= 15 is 0 Å². The maximum atomic E-state index is 11.9. The summed E-state index contributed by atoms with van der Waals surface area (Å²) < 4.78 is 6.72. The number of imidazole rings is 1. The summed E-state index contributed by atoms with van der Waals surface area (Å²) in [7, 11) is 1.77. The lowest BCUT2D eigenvalue weighted by Crippen LogP contribution is -2.11. The van der Waals surface area contributed by atoms with E-state index in [1.807, 2.05) is 31.2 Å². The van der Waals surface area contributed by atoms with Gasteiger partial charge in [0, 0.05) is 12.6 Å². The van der Waals surface area contributed by atoms with E-state index in [-0.39, 0.29) is 5.97 Å². The van der Waals surface area contributed by atoms with Crippen LogP contribution in [0.3, 0.4) is 0 Å². The Balaban J connectivity index is 2.38. The highest BCUT2D eigenvalue weighted by molar-refractivity contribution is 5.89. The molecule has 1 aromatic heterocycles. The number of carbonyl (C=O) groups is 1. The largest absolute Gasteiger partial charge is 0.461 e. The molecule has 0 aliphatic carbocycles. The molecule has 1 aromatic carbocycles. The fourth-order valence-corrected chi connectivity index (χ4v) is 2.07. The first kappa shape index (κ1) is 14.9. The van der Waals surface area contributed by atoms with Crippen molar-refractivity contribution in [1.82, 2.24) is 9.55 Å². The second kappa shape index (κ2) is 6.27. The average molecular weight is 282 g/mol. The predicted molar refractivity (Wildman–Crippen MR) is 81.1 cm³/mol. The molecule has 21 heavy (non-hydrogen) atoms. The Hall–Kier alpha value is -2.54. The molecular formula is C17H18N2O2. The molecule has 1 heterocycles. The molecule has 2 aromatic rings. The number of hydrogen-bond acceptors (Lipinski definition) is 3. The lowest BCUT2D eigenvalue weighted by molar-refractivity contribution is 0.0514. The second-order valence-corrected chi connectivity index (χ2v) is 4.71. The van der Waals surface area contributed by atoms with Gasteiger partial charge in [-0.2, -0.15) is 0 Å². The standard InChI is InChI=1S/C17H18N2O2/c1-5-21-17(20)16-13(3)18-15(19(16)4)11-10-14-9-7-6-8-12(14)2/h6-9H,5H2,1-4H3. The zero-order chi connectivity index (χ0) is 15.4. The smallest absolute Gasteiger partial charge is 0.356 e. The highest BCUT2D eigenvalue weighted by Crippen LogP contribution is 2.11. The van der Waals surface area contributed by atoms with Gasteiger partial charge in [-0.3, -0.25) is 0 Å². The third-order valence-corrected chi connectivity index (χ3v) is 3.19. The van der Waals surface area contributed by atoms with Gasteiger partial charge in [0.25, 0.3) is 0 Å². The van der Waals surface area contributed by atoms with Crippen LogP contribution in [-0.4, -0.2) is 22.1 Å². The Bertz CT molecular complexity index is 733. The molecule has 2 rings (SSSR count). The Morgan fingerprint density at radius 2 is 2.00 bits per heavy atom. The maximum Gasteiger partial charge on any atom is 0.356 e. The number of aryl methyl sites for hydroxylation is 2. The highest BCUT2D eigenvalue weighted by Gasteiger charge is 2.18. The Morgan fingerprint density at radius 1 is 1.29 bits per heavy atom. The number of aromatic nitrogens is 2. The molecule has 0 unspecified atom stereocenters. The van der Waals surface area contributed by atoms with Crippen molar-refractivity contribution < 1.29 is 9.53 Å². The molecule has 0 saturated heterocycles. The Labute approximate surface area is 124 Å². The summed E-state index contributed by atoms with van der Waals surface area (Å²) >= 11 is 0. The van der Waals surface area contributed by atoms with E-state index in [1.165, 1.54) is 0 Å². The number of ether oxygens (including phenoxy) is 1. The van der Waals surface area contributed by atoms with Crippen LogP contribution in [0.25, 0.3) is 0 Å². The predicted octanol–water partition coefficient (Wildman–Crippen LogP) is 2.61. The van der Waals surface area contributed by atoms with Crippen LogP contribution in [0, 0.1) is 25.7 Å². The summed E-state index contributed by atoms with van der Waals surface area (Å²) in [6, 6.07) is 7.90. The van der Waals surface area contributed by atoms with Crippen LogP contribution in [0.15, 0.2) is 24.3 Å². The van der Waals surface area contributed by atoms with Crippen LogP contribution < -0.4 is 0 Å². The van der Waals surface area contributed by atoms with Gasteiger partial charge in [-0.05, 0) is 38.3 Å². The van der Waals surface area contributed by atoms with Crippen LogP contribution >= 0.6 is 0 Å². The fraction of sp³-hybridized carbons (Fsp3) is 0.294. The molecule has 4 nitrogen and oxygen atoms in total. The third kappa shape index (κ3) is 3.14. The third-order valence-electron chi connectivity index (χ3n) is 3.19. The highest BCUT2D eigenvalue weighted by atomic mass is 16.5. The van der Waals surface area contributed by atoms with Crippen molar-refractivity contribution in [2.75, 3.05) is 6.61 Å². The van der Waals surface area contributed by atoms with Crippen LogP contribution in [-0.2, 0) is 11.8 Å². The van der Waals surface area contributed by atoms with Crippen molar-refractivity contribution in [1.29, 1.82) is 0 Å². The van der Waals surface area contributed by atoms with Crippen molar-refractivity contribution in [2.45, 2.75) is 20.8 Å². The van der Waals surface area contributed by atoms with Crippen LogP contribution in [0.2, 0.25) is 0 Å². The lowest BCUT2D eigenvalue weighted by atomic mass is 10.1. The molecule has 0 aliphatic rings. The minimum Gasteiger partial charge on any atom is -0.461 e. The topological polar surface area (TPSA) is 44.1 Å². The Morgan fingerprint density at radius 3 is 2.67 bits per heavy atom. The molecule has 0 atom stereocenters. The van der Waals surface area contributed by atoms with E-state index in [2.05, 4.69) is 16.8 Å². The molecule has 0 saturated carbocycles. The summed E-state index contributed by atoms with van der Waals surface area (Å²) in [4.78, 5) is 16.2. The molecule has 0 spiro atoms. The minimum atomic E-state index is -0.367. The number of carbonyl (C=O) groups excluding carboxylic acids is 1. The van der Waals surface area contributed by atoms with Crippen molar-refractivity contribution in [3.8, 4) is 11.8 Å². The van der Waals surface area contributed by atoms with E-state index < -0.39 is 0 Å². The first-order valence-electron chi connectivity index (χ1n) is 6.82. The van der Waals surface area contributed by atoms with E-state index in [4.69, 9.17) is 4.74 Å². The van der Waals surface area contributed by atoms with Crippen LogP contribution in [0.4, 0.5) is 0 Å². The lowest BCUT2D eigenvalue weighted by Gasteiger charge is -2.03. The van der Waals surface area contributed by atoms with Gasteiger partial charge in [-0.1, -0.05) is 24.1 Å². The summed E-state index contributed by atoms with van der Waals surface area (Å²) in [5.41, 5.74) is 3.15. The zero-order valence-corrected chi connectivity index (χ0v) is 12.7. The van der Waals surface area contributed by atoms with Gasteiger partial charge in [0.05, 0.1) is 12.3 Å². The molecule has 0 N–H and O–H groups in total. The van der Waals surface area contributed by atoms with E-state index in [0.717, 1.165) is 11.1 Å². The van der Waals surface area contributed by atoms with E-state index in [0.29, 0.717) is 23.8 Å². The molecule has 108 valence electrons. The normalized spacial score (nSPS) is 9.90. The molecule has 0 bridgehead atoms. The molecule has 0 amide bonds. The summed E-state index contributed by atoms with van der Waals surface area (Å²) in [5.74, 6) is 6.31. The van der Waals surface area contributed by atoms with E-state index in [9.17, 15) is 4.79 Å². The summed E-state index contributed by atoms with van der Waals surface area (Å²) in [6.45, 7) is 5.92. The molecule has 0 aliphatic heterocycles. The first-order valence-corrected chi connectivity index (χ1v) is 6.82.